The molecule has 0 aliphatic carbocycles. The Kier molecular flexibility index (Phi) is 3.47. The Morgan fingerprint density at radius 2 is 2.33 bits per heavy atom. The molecule has 0 unspecified atom stereocenters. The number of carboxylic acid groups (broad SMARTS) is 1. The van der Waals surface area contributed by atoms with E-state index in [1.165, 1.54) is 17.4 Å². The monoisotopic (exact) mass is 263 g/mol. The lowest BCUT2D eigenvalue weighted by molar-refractivity contribution is 0.0697. The van der Waals surface area contributed by atoms with E-state index in [1.807, 2.05) is 17.3 Å². The summed E-state index contributed by atoms with van der Waals surface area (Å²) in [5.41, 5.74) is 6.89. The van der Waals surface area contributed by atoms with Crippen molar-refractivity contribution >= 4 is 28.7 Å². The summed E-state index contributed by atoms with van der Waals surface area (Å²) in [6, 6.07) is 4.88. The van der Waals surface area contributed by atoms with Gasteiger partial charge in [-0.3, -0.25) is 0 Å². The molecule has 3 N–H and O–H groups in total. The SMILES string of the molecule is CN(Cc1nccs1)c1ccc(N)cc1C(=O)O. The lowest BCUT2D eigenvalue weighted by Crippen LogP contribution is -2.19. The zero-order chi connectivity index (χ0) is 13.1. The van der Waals surface area contributed by atoms with Gasteiger partial charge in [-0.25, -0.2) is 9.78 Å². The molecule has 18 heavy (non-hydrogen) atoms. The first kappa shape index (κ1) is 12.4. The van der Waals surface area contributed by atoms with Crippen molar-refractivity contribution in [3.05, 3.63) is 40.3 Å². The number of nitrogen functional groups attached to an aromatic ring is 1. The second-order valence-corrected chi connectivity index (χ2v) is 4.84. The van der Waals surface area contributed by atoms with E-state index >= 15 is 0 Å². The van der Waals surface area contributed by atoms with Crippen molar-refractivity contribution in [1.29, 1.82) is 0 Å². The Morgan fingerprint density at radius 1 is 1.56 bits per heavy atom. The van der Waals surface area contributed by atoms with Gasteiger partial charge < -0.3 is 15.7 Å². The van der Waals surface area contributed by atoms with Crippen molar-refractivity contribution in [3.8, 4) is 0 Å². The first-order valence-electron chi connectivity index (χ1n) is 5.30. The van der Waals surface area contributed by atoms with Gasteiger partial charge in [0.05, 0.1) is 17.8 Å². The molecule has 2 aromatic rings. The van der Waals surface area contributed by atoms with Gasteiger partial charge in [0.2, 0.25) is 0 Å². The number of anilines is 2. The van der Waals surface area contributed by atoms with Crippen molar-refractivity contribution in [2.24, 2.45) is 0 Å². The molecule has 0 saturated carbocycles. The van der Waals surface area contributed by atoms with Crippen molar-refractivity contribution in [2.75, 3.05) is 17.7 Å². The van der Waals surface area contributed by atoms with Gasteiger partial charge in [0.25, 0.3) is 0 Å². The minimum absolute atomic E-state index is 0.203. The van der Waals surface area contributed by atoms with Gasteiger partial charge in [0.1, 0.15) is 5.01 Å². The lowest BCUT2D eigenvalue weighted by atomic mass is 10.1. The number of carbonyl (C=O) groups is 1. The van der Waals surface area contributed by atoms with Crippen LogP contribution in [0.1, 0.15) is 15.4 Å². The number of carboxylic acids is 1. The molecular formula is C12H13N3O2S. The fraction of sp³-hybridized carbons (Fsp3) is 0.167. The molecule has 0 fully saturated rings. The number of hydrogen-bond acceptors (Lipinski definition) is 5. The van der Waals surface area contributed by atoms with Gasteiger partial charge in [0, 0.05) is 24.3 Å². The summed E-state index contributed by atoms with van der Waals surface area (Å²) in [6.07, 6.45) is 1.73. The minimum atomic E-state index is -0.983. The molecule has 1 aromatic heterocycles. The lowest BCUT2D eigenvalue weighted by Gasteiger charge is -2.20. The number of benzene rings is 1. The molecular weight excluding hydrogens is 250 g/mol. The average molecular weight is 263 g/mol. The number of nitrogens with two attached hydrogens (primary N) is 1. The topological polar surface area (TPSA) is 79.5 Å². The van der Waals surface area contributed by atoms with Crippen molar-refractivity contribution in [3.63, 3.8) is 0 Å². The first-order valence-corrected chi connectivity index (χ1v) is 6.18. The van der Waals surface area contributed by atoms with E-state index in [9.17, 15) is 4.79 Å². The molecule has 0 saturated heterocycles. The zero-order valence-corrected chi connectivity index (χ0v) is 10.6. The summed E-state index contributed by atoms with van der Waals surface area (Å²) < 4.78 is 0. The Hall–Kier alpha value is -2.08. The summed E-state index contributed by atoms with van der Waals surface area (Å²) in [5, 5.41) is 12.0. The number of thiazole rings is 1. The highest BCUT2D eigenvalue weighted by Gasteiger charge is 2.14. The predicted molar refractivity (Wildman–Crippen MR) is 72.0 cm³/mol. The third-order valence-electron chi connectivity index (χ3n) is 2.52. The highest BCUT2D eigenvalue weighted by atomic mass is 32.1. The first-order chi connectivity index (χ1) is 8.58. The summed E-state index contributed by atoms with van der Waals surface area (Å²) >= 11 is 1.54. The molecule has 94 valence electrons. The summed E-state index contributed by atoms with van der Waals surface area (Å²) in [4.78, 5) is 17.2. The molecule has 5 nitrogen and oxygen atoms in total. The van der Waals surface area contributed by atoms with Crippen molar-refractivity contribution < 1.29 is 9.90 Å². The minimum Gasteiger partial charge on any atom is -0.478 e. The van der Waals surface area contributed by atoms with Gasteiger partial charge in [-0.15, -0.1) is 11.3 Å². The van der Waals surface area contributed by atoms with E-state index in [-0.39, 0.29) is 5.56 Å². The summed E-state index contributed by atoms with van der Waals surface area (Å²) in [7, 11) is 1.83. The highest BCUT2D eigenvalue weighted by molar-refractivity contribution is 7.09. The third-order valence-corrected chi connectivity index (χ3v) is 3.28. The summed E-state index contributed by atoms with van der Waals surface area (Å²) in [6.45, 7) is 0.571. The molecule has 0 spiro atoms. The van der Waals surface area contributed by atoms with Crippen molar-refractivity contribution in [1.82, 2.24) is 4.98 Å². The number of aromatic nitrogens is 1. The third kappa shape index (κ3) is 2.60. The molecule has 0 aliphatic rings. The maximum absolute atomic E-state index is 11.2. The van der Waals surface area contributed by atoms with Crippen LogP contribution in [0.2, 0.25) is 0 Å². The Balaban J connectivity index is 2.29. The van der Waals surface area contributed by atoms with Crippen LogP contribution in [0, 0.1) is 0 Å². The highest BCUT2D eigenvalue weighted by Crippen LogP contribution is 2.24. The number of rotatable bonds is 4. The van der Waals surface area contributed by atoms with Crippen LogP contribution in [-0.2, 0) is 6.54 Å². The largest absolute Gasteiger partial charge is 0.478 e. The number of aromatic carboxylic acids is 1. The van der Waals surface area contributed by atoms with Crippen LogP contribution in [0.4, 0.5) is 11.4 Å². The maximum Gasteiger partial charge on any atom is 0.337 e. The van der Waals surface area contributed by atoms with Crippen LogP contribution in [-0.4, -0.2) is 23.1 Å². The van der Waals surface area contributed by atoms with Crippen LogP contribution in [0.25, 0.3) is 0 Å². The van der Waals surface area contributed by atoms with Gasteiger partial charge in [-0.2, -0.15) is 0 Å². The second-order valence-electron chi connectivity index (χ2n) is 3.86. The smallest absolute Gasteiger partial charge is 0.337 e. The van der Waals surface area contributed by atoms with Crippen LogP contribution < -0.4 is 10.6 Å². The van der Waals surface area contributed by atoms with Gasteiger partial charge >= 0.3 is 5.97 Å². The van der Waals surface area contributed by atoms with Crippen LogP contribution >= 0.6 is 11.3 Å². The van der Waals surface area contributed by atoms with Crippen LogP contribution in [0.3, 0.4) is 0 Å². The van der Waals surface area contributed by atoms with Gasteiger partial charge in [-0.05, 0) is 18.2 Å². The fourth-order valence-corrected chi connectivity index (χ4v) is 2.35. The summed E-state index contributed by atoms with van der Waals surface area (Å²) in [5.74, 6) is -0.983. The fourth-order valence-electron chi connectivity index (χ4n) is 1.68. The van der Waals surface area contributed by atoms with E-state index < -0.39 is 5.97 Å². The Morgan fingerprint density at radius 3 is 2.94 bits per heavy atom. The second kappa shape index (κ2) is 5.05. The van der Waals surface area contributed by atoms with Crippen molar-refractivity contribution in [2.45, 2.75) is 6.54 Å². The number of nitrogens with zero attached hydrogens (tertiary/aromatic N) is 2. The Bertz CT molecular complexity index is 554. The molecule has 6 heteroatoms. The standard InChI is InChI=1S/C12H13N3O2S/c1-15(7-11-14-4-5-18-11)10-3-2-8(13)6-9(10)12(16)17/h2-6H,7,13H2,1H3,(H,16,17). The van der Waals surface area contributed by atoms with E-state index in [1.54, 1.807) is 18.3 Å². The molecule has 0 radical (unpaired) electrons. The van der Waals surface area contributed by atoms with E-state index in [0.717, 1.165) is 5.01 Å². The molecule has 0 amide bonds. The molecule has 2 rings (SSSR count). The quantitative estimate of drug-likeness (QED) is 0.825. The van der Waals surface area contributed by atoms with E-state index in [4.69, 9.17) is 10.8 Å². The van der Waals surface area contributed by atoms with Gasteiger partial charge in [0.15, 0.2) is 0 Å². The average Bonchev–Trinajstić information content (AvgIpc) is 2.81. The van der Waals surface area contributed by atoms with Crippen LogP contribution in [0.15, 0.2) is 29.8 Å². The molecule has 1 aromatic carbocycles. The van der Waals surface area contributed by atoms with E-state index in [2.05, 4.69) is 4.98 Å². The zero-order valence-electron chi connectivity index (χ0n) is 9.83. The predicted octanol–water partition coefficient (Wildman–Crippen LogP) is 2.06. The Labute approximate surface area is 108 Å². The maximum atomic E-state index is 11.2. The van der Waals surface area contributed by atoms with Gasteiger partial charge in [-0.1, -0.05) is 0 Å². The normalized spacial score (nSPS) is 10.3. The molecule has 0 aliphatic heterocycles. The molecule has 1 heterocycles. The number of hydrogen-bond donors (Lipinski definition) is 2. The van der Waals surface area contributed by atoms with E-state index in [0.29, 0.717) is 17.9 Å². The molecule has 0 bridgehead atoms. The molecule has 0 atom stereocenters. The van der Waals surface area contributed by atoms with Crippen LogP contribution in [0.5, 0.6) is 0 Å².